The highest BCUT2D eigenvalue weighted by Crippen LogP contribution is 2.24. The van der Waals surface area contributed by atoms with Gasteiger partial charge >= 0.3 is 0 Å². The summed E-state index contributed by atoms with van der Waals surface area (Å²) in [6.07, 6.45) is 5.62. The molecule has 3 heterocycles. The molecule has 2 aromatic rings. The lowest BCUT2D eigenvalue weighted by atomic mass is 10.1. The molecule has 1 aliphatic heterocycles. The van der Waals surface area contributed by atoms with Gasteiger partial charge in [0.1, 0.15) is 0 Å². The zero-order valence-electron chi connectivity index (χ0n) is 11.6. The SMILES string of the molecule is Cn1cncc1C(CN)N1CCN(c2nccs2)CC1. The normalized spacial score (nSPS) is 18.4. The van der Waals surface area contributed by atoms with E-state index in [2.05, 4.69) is 24.3 Å². The second-order valence-electron chi connectivity index (χ2n) is 5.02. The van der Waals surface area contributed by atoms with Gasteiger partial charge in [-0.25, -0.2) is 9.97 Å². The Hall–Kier alpha value is -1.44. The van der Waals surface area contributed by atoms with E-state index in [1.54, 1.807) is 11.3 Å². The Morgan fingerprint density at radius 3 is 2.70 bits per heavy atom. The molecular weight excluding hydrogens is 272 g/mol. The number of imidazole rings is 1. The van der Waals surface area contributed by atoms with E-state index in [1.165, 1.54) is 5.69 Å². The first-order chi connectivity index (χ1) is 9.79. The number of nitrogens with two attached hydrogens (primary N) is 1. The molecule has 1 aliphatic rings. The van der Waals surface area contributed by atoms with Gasteiger partial charge in [-0.15, -0.1) is 11.3 Å². The number of anilines is 1. The van der Waals surface area contributed by atoms with Crippen LogP contribution in [-0.4, -0.2) is 52.2 Å². The van der Waals surface area contributed by atoms with Crippen LogP contribution >= 0.6 is 11.3 Å². The van der Waals surface area contributed by atoms with Gasteiger partial charge in [-0.3, -0.25) is 4.90 Å². The third-order valence-electron chi connectivity index (χ3n) is 3.86. The average molecular weight is 292 g/mol. The minimum atomic E-state index is 0.251. The molecule has 0 aromatic carbocycles. The fraction of sp³-hybridized carbons (Fsp3) is 0.538. The van der Waals surface area contributed by atoms with Crippen molar-refractivity contribution in [1.29, 1.82) is 0 Å². The molecule has 0 aliphatic carbocycles. The highest BCUT2D eigenvalue weighted by Gasteiger charge is 2.26. The van der Waals surface area contributed by atoms with Crippen LogP contribution in [0.5, 0.6) is 0 Å². The zero-order chi connectivity index (χ0) is 13.9. The number of hydrogen-bond donors (Lipinski definition) is 1. The molecule has 108 valence electrons. The summed E-state index contributed by atoms with van der Waals surface area (Å²) in [4.78, 5) is 13.4. The first-order valence-corrected chi connectivity index (χ1v) is 7.72. The van der Waals surface area contributed by atoms with E-state index >= 15 is 0 Å². The quantitative estimate of drug-likeness (QED) is 0.899. The summed E-state index contributed by atoms with van der Waals surface area (Å²) in [5, 5.41) is 3.15. The van der Waals surface area contributed by atoms with Crippen molar-refractivity contribution in [2.75, 3.05) is 37.6 Å². The van der Waals surface area contributed by atoms with Crippen molar-refractivity contribution in [3.05, 3.63) is 29.8 Å². The van der Waals surface area contributed by atoms with Gasteiger partial charge in [-0.2, -0.15) is 0 Å². The highest BCUT2D eigenvalue weighted by atomic mass is 32.1. The Balaban J connectivity index is 1.66. The van der Waals surface area contributed by atoms with Crippen LogP contribution in [0.4, 0.5) is 5.13 Å². The fourth-order valence-electron chi connectivity index (χ4n) is 2.74. The number of thiazole rings is 1. The minimum Gasteiger partial charge on any atom is -0.346 e. The summed E-state index contributed by atoms with van der Waals surface area (Å²) in [7, 11) is 2.02. The van der Waals surface area contributed by atoms with Crippen molar-refractivity contribution in [1.82, 2.24) is 19.4 Å². The van der Waals surface area contributed by atoms with Crippen molar-refractivity contribution < 1.29 is 0 Å². The summed E-state index contributed by atoms with van der Waals surface area (Å²) in [6, 6.07) is 0.251. The molecule has 1 atom stereocenters. The Morgan fingerprint density at radius 1 is 1.35 bits per heavy atom. The van der Waals surface area contributed by atoms with Gasteiger partial charge in [0, 0.05) is 57.5 Å². The smallest absolute Gasteiger partial charge is 0.185 e. The van der Waals surface area contributed by atoms with E-state index in [0.29, 0.717) is 6.54 Å². The van der Waals surface area contributed by atoms with Gasteiger partial charge in [0.05, 0.1) is 18.1 Å². The maximum absolute atomic E-state index is 5.99. The lowest BCUT2D eigenvalue weighted by Gasteiger charge is -2.38. The van der Waals surface area contributed by atoms with Crippen molar-refractivity contribution in [3.8, 4) is 0 Å². The lowest BCUT2D eigenvalue weighted by Crippen LogP contribution is -2.49. The Kier molecular flexibility index (Phi) is 4.00. The van der Waals surface area contributed by atoms with Gasteiger partial charge in [-0.05, 0) is 0 Å². The first-order valence-electron chi connectivity index (χ1n) is 6.84. The monoisotopic (exact) mass is 292 g/mol. The second-order valence-corrected chi connectivity index (χ2v) is 5.89. The number of piperazine rings is 1. The van der Waals surface area contributed by atoms with Crippen LogP contribution < -0.4 is 10.6 Å². The predicted octanol–water partition coefficient (Wildman–Crippen LogP) is 0.699. The molecule has 1 unspecified atom stereocenters. The molecule has 20 heavy (non-hydrogen) atoms. The molecule has 0 spiro atoms. The number of aromatic nitrogens is 3. The highest BCUT2D eigenvalue weighted by molar-refractivity contribution is 7.13. The van der Waals surface area contributed by atoms with Gasteiger partial charge in [0.25, 0.3) is 0 Å². The number of hydrogen-bond acceptors (Lipinski definition) is 6. The molecule has 7 heteroatoms. The maximum Gasteiger partial charge on any atom is 0.185 e. The molecule has 0 radical (unpaired) electrons. The predicted molar refractivity (Wildman–Crippen MR) is 80.9 cm³/mol. The molecule has 0 saturated carbocycles. The number of nitrogens with zero attached hydrogens (tertiary/aromatic N) is 5. The van der Waals surface area contributed by atoms with Crippen molar-refractivity contribution in [3.63, 3.8) is 0 Å². The van der Waals surface area contributed by atoms with Crippen molar-refractivity contribution in [2.24, 2.45) is 12.8 Å². The van der Waals surface area contributed by atoms with Crippen LogP contribution in [-0.2, 0) is 7.05 Å². The second kappa shape index (κ2) is 5.90. The van der Waals surface area contributed by atoms with Crippen LogP contribution in [0.1, 0.15) is 11.7 Å². The first kappa shape index (κ1) is 13.5. The molecule has 1 saturated heterocycles. The Bertz CT molecular complexity index is 529. The zero-order valence-corrected chi connectivity index (χ0v) is 12.5. The largest absolute Gasteiger partial charge is 0.346 e. The van der Waals surface area contributed by atoms with Gasteiger partial charge in [-0.1, -0.05) is 0 Å². The van der Waals surface area contributed by atoms with Crippen LogP contribution in [0.15, 0.2) is 24.1 Å². The van der Waals surface area contributed by atoms with Crippen molar-refractivity contribution >= 4 is 16.5 Å². The van der Waals surface area contributed by atoms with E-state index in [-0.39, 0.29) is 6.04 Å². The molecule has 3 rings (SSSR count). The van der Waals surface area contributed by atoms with Crippen LogP contribution in [0.25, 0.3) is 0 Å². The maximum atomic E-state index is 5.99. The molecule has 6 nitrogen and oxygen atoms in total. The molecule has 2 N–H and O–H groups in total. The van der Waals surface area contributed by atoms with Gasteiger partial charge in [0.15, 0.2) is 5.13 Å². The fourth-order valence-corrected chi connectivity index (χ4v) is 3.44. The third kappa shape index (κ3) is 2.56. The molecule has 0 amide bonds. The van der Waals surface area contributed by atoms with E-state index < -0.39 is 0 Å². The van der Waals surface area contributed by atoms with Gasteiger partial charge < -0.3 is 15.2 Å². The molecule has 0 bridgehead atoms. The topological polar surface area (TPSA) is 63.2 Å². The summed E-state index contributed by atoms with van der Waals surface area (Å²) in [5.41, 5.74) is 7.18. The summed E-state index contributed by atoms with van der Waals surface area (Å²) in [5.74, 6) is 0. The Labute approximate surface area is 122 Å². The summed E-state index contributed by atoms with van der Waals surface area (Å²) in [6.45, 7) is 4.64. The summed E-state index contributed by atoms with van der Waals surface area (Å²) < 4.78 is 2.06. The van der Waals surface area contributed by atoms with E-state index in [9.17, 15) is 0 Å². The number of aryl methyl sites for hydroxylation is 1. The van der Waals surface area contributed by atoms with Crippen LogP contribution in [0, 0.1) is 0 Å². The molecule has 2 aromatic heterocycles. The molecular formula is C13H20N6S. The van der Waals surface area contributed by atoms with Crippen LogP contribution in [0.3, 0.4) is 0 Å². The number of rotatable bonds is 4. The van der Waals surface area contributed by atoms with Crippen molar-refractivity contribution in [2.45, 2.75) is 6.04 Å². The van der Waals surface area contributed by atoms with Crippen LogP contribution in [0.2, 0.25) is 0 Å². The minimum absolute atomic E-state index is 0.251. The van der Waals surface area contributed by atoms with Gasteiger partial charge in [0.2, 0.25) is 0 Å². The van der Waals surface area contributed by atoms with E-state index in [0.717, 1.165) is 31.3 Å². The standard InChI is InChI=1S/C13H20N6S/c1-17-10-15-9-12(17)11(8-14)18-3-5-19(6-4-18)13-16-2-7-20-13/h2,7,9-11H,3-6,8,14H2,1H3. The Morgan fingerprint density at radius 2 is 2.15 bits per heavy atom. The molecule has 1 fully saturated rings. The lowest BCUT2D eigenvalue weighted by molar-refractivity contribution is 0.184. The van der Waals surface area contributed by atoms with E-state index in [4.69, 9.17) is 5.73 Å². The third-order valence-corrected chi connectivity index (χ3v) is 4.70. The average Bonchev–Trinajstić information content (AvgIpc) is 3.13. The van der Waals surface area contributed by atoms with E-state index in [1.807, 2.05) is 31.1 Å². The summed E-state index contributed by atoms with van der Waals surface area (Å²) >= 11 is 1.70.